The summed E-state index contributed by atoms with van der Waals surface area (Å²) in [5, 5.41) is 18.3. The number of nitro benzene ring substituents is 1. The Bertz CT molecular complexity index is 722. The molecule has 0 spiro atoms. The summed E-state index contributed by atoms with van der Waals surface area (Å²) in [5.41, 5.74) is 0.780. The summed E-state index contributed by atoms with van der Waals surface area (Å²) in [7, 11) is 1.74. The number of carbonyl (C=O) groups is 1. The van der Waals surface area contributed by atoms with E-state index in [0.717, 1.165) is 25.9 Å². The average molecular weight is 305 g/mol. The van der Waals surface area contributed by atoms with E-state index in [1.807, 2.05) is 4.90 Å². The highest BCUT2D eigenvalue weighted by Crippen LogP contribution is 2.30. The molecule has 0 unspecified atom stereocenters. The standard InChI is InChI=1S/C13H15N5O4/c1-16(8-11(19)17-6-2-3-7-17)9-4-5-10(18(20)21)13-12(9)14-22-15-13/h4-5H,2-3,6-8H2,1H3. The van der Waals surface area contributed by atoms with E-state index in [1.165, 1.54) is 6.07 Å². The fourth-order valence-electron chi connectivity index (χ4n) is 2.65. The zero-order valence-corrected chi connectivity index (χ0v) is 12.1. The monoisotopic (exact) mass is 305 g/mol. The normalized spacial score (nSPS) is 14.5. The lowest BCUT2D eigenvalue weighted by Crippen LogP contribution is -2.37. The zero-order chi connectivity index (χ0) is 15.7. The Balaban J connectivity index is 1.86. The number of anilines is 1. The summed E-state index contributed by atoms with van der Waals surface area (Å²) in [4.78, 5) is 26.2. The minimum atomic E-state index is -0.536. The molecule has 1 saturated heterocycles. The van der Waals surface area contributed by atoms with Gasteiger partial charge in [-0.25, -0.2) is 4.63 Å². The topological polar surface area (TPSA) is 106 Å². The van der Waals surface area contributed by atoms with E-state index in [2.05, 4.69) is 14.9 Å². The van der Waals surface area contributed by atoms with Gasteiger partial charge in [0.25, 0.3) is 0 Å². The number of carbonyl (C=O) groups excluding carboxylic acids is 1. The smallest absolute Gasteiger partial charge is 0.300 e. The quantitative estimate of drug-likeness (QED) is 0.617. The van der Waals surface area contributed by atoms with Gasteiger partial charge in [-0.3, -0.25) is 14.9 Å². The summed E-state index contributed by atoms with van der Waals surface area (Å²) in [6.45, 7) is 1.75. The molecule has 9 nitrogen and oxygen atoms in total. The van der Waals surface area contributed by atoms with Crippen LogP contribution in [0.25, 0.3) is 11.0 Å². The van der Waals surface area contributed by atoms with Crippen LogP contribution in [0.4, 0.5) is 11.4 Å². The van der Waals surface area contributed by atoms with Gasteiger partial charge in [-0.05, 0) is 29.2 Å². The number of likely N-dealkylation sites (tertiary alicyclic amines) is 1. The largest absolute Gasteiger partial charge is 0.363 e. The van der Waals surface area contributed by atoms with Crippen LogP contribution < -0.4 is 4.90 Å². The van der Waals surface area contributed by atoms with Crippen molar-refractivity contribution in [1.82, 2.24) is 15.2 Å². The Labute approximate surface area is 125 Å². The summed E-state index contributed by atoms with van der Waals surface area (Å²) in [6.07, 6.45) is 2.06. The first kappa shape index (κ1) is 14.2. The van der Waals surface area contributed by atoms with Crippen LogP contribution in [0, 0.1) is 10.1 Å². The van der Waals surface area contributed by atoms with Crippen LogP contribution in [0.5, 0.6) is 0 Å². The van der Waals surface area contributed by atoms with Gasteiger partial charge in [0.1, 0.15) is 0 Å². The zero-order valence-electron chi connectivity index (χ0n) is 12.1. The number of nitro groups is 1. The van der Waals surface area contributed by atoms with Crippen molar-refractivity contribution in [2.45, 2.75) is 12.8 Å². The maximum atomic E-state index is 12.2. The number of amides is 1. The molecule has 22 heavy (non-hydrogen) atoms. The van der Waals surface area contributed by atoms with Crippen LogP contribution in [0.1, 0.15) is 12.8 Å². The van der Waals surface area contributed by atoms with E-state index >= 15 is 0 Å². The van der Waals surface area contributed by atoms with Gasteiger partial charge in [0.05, 0.1) is 17.2 Å². The molecule has 9 heteroatoms. The number of benzene rings is 1. The molecule has 1 fully saturated rings. The summed E-state index contributed by atoms with van der Waals surface area (Å²) in [6, 6.07) is 2.90. The number of rotatable bonds is 4. The third-order valence-corrected chi connectivity index (χ3v) is 3.81. The van der Waals surface area contributed by atoms with Crippen molar-refractivity contribution < 1.29 is 14.3 Å². The fraction of sp³-hybridized carbons (Fsp3) is 0.462. The molecule has 1 aliphatic heterocycles. The lowest BCUT2D eigenvalue weighted by atomic mass is 10.2. The minimum absolute atomic E-state index is 0.0305. The second-order valence-corrected chi connectivity index (χ2v) is 5.27. The highest BCUT2D eigenvalue weighted by Gasteiger charge is 2.24. The van der Waals surface area contributed by atoms with Crippen molar-refractivity contribution in [3.8, 4) is 0 Å². The van der Waals surface area contributed by atoms with Crippen LogP contribution >= 0.6 is 0 Å². The van der Waals surface area contributed by atoms with Crippen molar-refractivity contribution in [3.63, 3.8) is 0 Å². The van der Waals surface area contributed by atoms with E-state index in [9.17, 15) is 14.9 Å². The van der Waals surface area contributed by atoms with Crippen molar-refractivity contribution >= 4 is 28.3 Å². The van der Waals surface area contributed by atoms with E-state index in [1.54, 1.807) is 18.0 Å². The van der Waals surface area contributed by atoms with Crippen LogP contribution in [0.15, 0.2) is 16.8 Å². The molecule has 0 saturated carbocycles. The maximum absolute atomic E-state index is 12.2. The molecule has 0 aliphatic carbocycles. The molecule has 0 radical (unpaired) electrons. The number of hydrogen-bond donors (Lipinski definition) is 0. The second kappa shape index (κ2) is 5.58. The molecule has 1 aromatic heterocycles. The lowest BCUT2D eigenvalue weighted by Gasteiger charge is -2.22. The van der Waals surface area contributed by atoms with E-state index in [4.69, 9.17) is 0 Å². The van der Waals surface area contributed by atoms with Gasteiger partial charge < -0.3 is 9.80 Å². The molecule has 116 valence electrons. The SMILES string of the molecule is CN(CC(=O)N1CCCC1)c1ccc([N+](=O)[O-])c2nonc12. The number of non-ortho nitro benzene ring substituents is 1. The fourth-order valence-corrected chi connectivity index (χ4v) is 2.65. The Hall–Kier alpha value is -2.71. The second-order valence-electron chi connectivity index (χ2n) is 5.27. The van der Waals surface area contributed by atoms with E-state index in [-0.39, 0.29) is 29.2 Å². The lowest BCUT2D eigenvalue weighted by molar-refractivity contribution is -0.383. The highest BCUT2D eigenvalue weighted by molar-refractivity contribution is 5.95. The van der Waals surface area contributed by atoms with Crippen molar-refractivity contribution in [3.05, 3.63) is 22.2 Å². The van der Waals surface area contributed by atoms with Gasteiger partial charge in [-0.1, -0.05) is 0 Å². The third kappa shape index (κ3) is 2.45. The van der Waals surface area contributed by atoms with Crippen LogP contribution in [0.2, 0.25) is 0 Å². The van der Waals surface area contributed by atoms with Crippen molar-refractivity contribution in [1.29, 1.82) is 0 Å². The van der Waals surface area contributed by atoms with Crippen molar-refractivity contribution in [2.75, 3.05) is 31.6 Å². The number of nitrogens with zero attached hydrogens (tertiary/aromatic N) is 5. The Kier molecular flexibility index (Phi) is 3.61. The molecule has 0 atom stereocenters. The predicted octanol–water partition coefficient (Wildman–Crippen LogP) is 1.19. The molecule has 0 bridgehead atoms. The van der Waals surface area contributed by atoms with Gasteiger partial charge in [-0.15, -0.1) is 0 Å². The first-order valence-electron chi connectivity index (χ1n) is 6.96. The summed E-state index contributed by atoms with van der Waals surface area (Å²) >= 11 is 0. The summed E-state index contributed by atoms with van der Waals surface area (Å²) < 4.78 is 4.62. The van der Waals surface area contributed by atoms with Crippen LogP contribution in [-0.4, -0.2) is 52.7 Å². The third-order valence-electron chi connectivity index (χ3n) is 3.81. The maximum Gasteiger partial charge on any atom is 0.300 e. The molecule has 2 aromatic rings. The number of hydrogen-bond acceptors (Lipinski definition) is 7. The van der Waals surface area contributed by atoms with Gasteiger partial charge in [0.15, 0.2) is 5.52 Å². The minimum Gasteiger partial charge on any atom is -0.363 e. The first-order chi connectivity index (χ1) is 10.6. The van der Waals surface area contributed by atoms with Gasteiger partial charge in [0.2, 0.25) is 11.4 Å². The predicted molar refractivity (Wildman–Crippen MR) is 77.5 cm³/mol. The molecular weight excluding hydrogens is 290 g/mol. The molecule has 1 aromatic carbocycles. The Morgan fingerprint density at radius 3 is 2.73 bits per heavy atom. The molecular formula is C13H15N5O4. The molecule has 0 N–H and O–H groups in total. The summed E-state index contributed by atoms with van der Waals surface area (Å²) in [5.74, 6) is 0.0305. The van der Waals surface area contributed by atoms with Gasteiger partial charge in [-0.2, -0.15) is 0 Å². The number of fused-ring (bicyclic) bond motifs is 1. The van der Waals surface area contributed by atoms with Crippen LogP contribution in [0.3, 0.4) is 0 Å². The molecule has 1 aliphatic rings. The van der Waals surface area contributed by atoms with Gasteiger partial charge in [0, 0.05) is 26.2 Å². The Morgan fingerprint density at radius 1 is 1.36 bits per heavy atom. The molecule has 1 amide bonds. The molecule has 3 rings (SSSR count). The number of aromatic nitrogens is 2. The van der Waals surface area contributed by atoms with Crippen molar-refractivity contribution in [2.24, 2.45) is 0 Å². The molecule has 2 heterocycles. The number of likely N-dealkylation sites (N-methyl/N-ethyl adjacent to an activating group) is 1. The van der Waals surface area contributed by atoms with Gasteiger partial charge >= 0.3 is 5.69 Å². The first-order valence-corrected chi connectivity index (χ1v) is 6.96. The highest BCUT2D eigenvalue weighted by atomic mass is 16.6. The van der Waals surface area contributed by atoms with E-state index < -0.39 is 4.92 Å². The van der Waals surface area contributed by atoms with E-state index in [0.29, 0.717) is 5.69 Å². The average Bonchev–Trinajstić information content (AvgIpc) is 3.16. The van der Waals surface area contributed by atoms with Crippen LogP contribution in [-0.2, 0) is 4.79 Å². The Morgan fingerprint density at radius 2 is 2.05 bits per heavy atom.